The normalized spacial score (nSPS) is 9.05. The van der Waals surface area contributed by atoms with Crippen molar-refractivity contribution in [1.29, 1.82) is 0 Å². The lowest BCUT2D eigenvalue weighted by Crippen LogP contribution is -2.34. The average Bonchev–Trinajstić information content (AvgIpc) is 2.53. The first-order valence-corrected chi connectivity index (χ1v) is 8.00. The Labute approximate surface area is 130 Å². The van der Waals surface area contributed by atoms with Crippen LogP contribution in [0, 0.1) is 0 Å². The Kier molecular flexibility index (Phi) is 33.2. The van der Waals surface area contributed by atoms with Gasteiger partial charge in [-0.15, -0.1) is 0 Å². The topological polar surface area (TPSA) is 68.8 Å². The van der Waals surface area contributed by atoms with Crippen molar-refractivity contribution >= 4 is 5.91 Å². The van der Waals surface area contributed by atoms with Gasteiger partial charge in [0, 0.05) is 13.7 Å². The number of hydrazine groups is 1. The number of hydrogen-bond acceptors (Lipinski definition) is 5. The van der Waals surface area contributed by atoms with Crippen LogP contribution >= 0.6 is 0 Å². The second kappa shape index (κ2) is 27.6. The predicted molar refractivity (Wildman–Crippen MR) is 87.3 cm³/mol. The van der Waals surface area contributed by atoms with E-state index in [4.69, 9.17) is 14.2 Å². The number of nitrogens with one attached hydrogen (secondary N) is 2. The molecule has 0 aromatic rings. The van der Waals surface area contributed by atoms with Gasteiger partial charge in [-0.3, -0.25) is 10.2 Å². The molecule has 0 spiro atoms. The van der Waals surface area contributed by atoms with Crippen molar-refractivity contribution in [1.82, 2.24) is 10.9 Å². The quantitative estimate of drug-likeness (QED) is 0.427. The Morgan fingerprint density at radius 2 is 1.24 bits per heavy atom. The van der Waals surface area contributed by atoms with E-state index in [1.807, 2.05) is 27.7 Å². The van der Waals surface area contributed by atoms with Crippen LogP contribution in [0.5, 0.6) is 0 Å². The number of ether oxygens (including phenoxy) is 3. The summed E-state index contributed by atoms with van der Waals surface area (Å²) in [7, 11) is 1.65. The zero-order chi connectivity index (χ0) is 16.8. The standard InChI is InChI=1S/C11H24N2O4.2C2H6/c1-3-5-15-7-9-17-10-8-16-6-4-11(14)13-12-2;2*1-2/h12H,3-10H2,1-2H3,(H,13,14);2*1-2H3. The molecule has 2 N–H and O–H groups in total. The molecule has 0 rings (SSSR count). The highest BCUT2D eigenvalue weighted by Gasteiger charge is 1.98. The van der Waals surface area contributed by atoms with Crippen LogP contribution in [-0.2, 0) is 19.0 Å². The van der Waals surface area contributed by atoms with Crippen LogP contribution in [0.1, 0.15) is 47.5 Å². The van der Waals surface area contributed by atoms with Crippen molar-refractivity contribution in [3.05, 3.63) is 0 Å². The molecule has 21 heavy (non-hydrogen) atoms. The molecule has 0 aliphatic carbocycles. The molecular weight excluding hydrogens is 272 g/mol. The van der Waals surface area contributed by atoms with E-state index in [0.29, 0.717) is 39.5 Å². The van der Waals surface area contributed by atoms with Crippen LogP contribution in [0.2, 0.25) is 0 Å². The fourth-order valence-corrected chi connectivity index (χ4v) is 1.05. The molecule has 6 heteroatoms. The van der Waals surface area contributed by atoms with Crippen molar-refractivity contribution < 1.29 is 19.0 Å². The summed E-state index contributed by atoms with van der Waals surface area (Å²) in [4.78, 5) is 11.0. The summed E-state index contributed by atoms with van der Waals surface area (Å²) in [6.07, 6.45) is 1.37. The van der Waals surface area contributed by atoms with Crippen molar-refractivity contribution in [2.24, 2.45) is 0 Å². The molecule has 1 amide bonds. The molecule has 0 aromatic carbocycles. The van der Waals surface area contributed by atoms with Gasteiger partial charge in [0.05, 0.1) is 39.5 Å². The van der Waals surface area contributed by atoms with Crippen molar-refractivity contribution in [2.45, 2.75) is 47.5 Å². The zero-order valence-corrected chi connectivity index (χ0v) is 14.8. The first-order valence-electron chi connectivity index (χ1n) is 8.00. The first-order chi connectivity index (χ1) is 10.3. The lowest BCUT2D eigenvalue weighted by Gasteiger charge is -2.06. The summed E-state index contributed by atoms with van der Waals surface area (Å²) in [6.45, 7) is 13.5. The number of carbonyl (C=O) groups excluding carboxylic acids is 1. The smallest absolute Gasteiger partial charge is 0.236 e. The summed E-state index contributed by atoms with van der Waals surface area (Å²) in [5.74, 6) is -0.0821. The minimum absolute atomic E-state index is 0.0821. The third kappa shape index (κ3) is 28.3. The second-order valence-electron chi connectivity index (χ2n) is 3.39. The highest BCUT2D eigenvalue weighted by Crippen LogP contribution is 1.85. The van der Waals surface area contributed by atoms with Crippen molar-refractivity contribution in [3.8, 4) is 0 Å². The second-order valence-corrected chi connectivity index (χ2v) is 3.39. The maximum atomic E-state index is 11.0. The van der Waals surface area contributed by atoms with Gasteiger partial charge in [0.15, 0.2) is 0 Å². The lowest BCUT2D eigenvalue weighted by molar-refractivity contribution is -0.123. The molecular formula is C15H36N2O4. The molecule has 0 unspecified atom stereocenters. The molecule has 0 saturated heterocycles. The van der Waals surface area contributed by atoms with E-state index in [0.717, 1.165) is 13.0 Å². The van der Waals surface area contributed by atoms with Crippen LogP contribution in [0.4, 0.5) is 0 Å². The highest BCUT2D eigenvalue weighted by atomic mass is 16.5. The maximum Gasteiger partial charge on any atom is 0.236 e. The molecule has 0 bridgehead atoms. The molecule has 0 radical (unpaired) electrons. The molecule has 0 aliphatic heterocycles. The van der Waals surface area contributed by atoms with Crippen LogP contribution in [0.25, 0.3) is 0 Å². The largest absolute Gasteiger partial charge is 0.379 e. The van der Waals surface area contributed by atoms with E-state index in [9.17, 15) is 4.79 Å². The van der Waals surface area contributed by atoms with Crippen molar-refractivity contribution in [2.75, 3.05) is 46.7 Å². The third-order valence-corrected chi connectivity index (χ3v) is 1.83. The van der Waals surface area contributed by atoms with Gasteiger partial charge >= 0.3 is 0 Å². The molecule has 0 atom stereocenters. The Morgan fingerprint density at radius 3 is 1.67 bits per heavy atom. The molecule has 0 fully saturated rings. The van der Waals surface area contributed by atoms with Crippen LogP contribution < -0.4 is 10.9 Å². The lowest BCUT2D eigenvalue weighted by atomic mass is 10.4. The first kappa shape index (κ1) is 25.3. The van der Waals surface area contributed by atoms with E-state index in [2.05, 4.69) is 17.8 Å². The summed E-state index contributed by atoms with van der Waals surface area (Å²) in [6, 6.07) is 0. The Bertz CT molecular complexity index is 181. The van der Waals surface area contributed by atoms with Gasteiger partial charge in [-0.1, -0.05) is 34.6 Å². The number of amides is 1. The highest BCUT2D eigenvalue weighted by molar-refractivity contribution is 5.75. The van der Waals surface area contributed by atoms with Gasteiger partial charge in [0.1, 0.15) is 0 Å². The molecule has 0 heterocycles. The predicted octanol–water partition coefficient (Wildman–Crippen LogP) is 2.14. The molecule has 0 saturated carbocycles. The van der Waals surface area contributed by atoms with E-state index in [-0.39, 0.29) is 5.91 Å². The number of hydrogen-bond donors (Lipinski definition) is 2. The van der Waals surface area contributed by atoms with Gasteiger partial charge in [-0.2, -0.15) is 0 Å². The summed E-state index contributed by atoms with van der Waals surface area (Å²) >= 11 is 0. The third-order valence-electron chi connectivity index (χ3n) is 1.83. The number of rotatable bonds is 12. The van der Waals surface area contributed by atoms with Gasteiger partial charge in [-0.05, 0) is 6.42 Å². The summed E-state index contributed by atoms with van der Waals surface area (Å²) in [5.41, 5.74) is 5.02. The zero-order valence-electron chi connectivity index (χ0n) is 14.8. The van der Waals surface area contributed by atoms with E-state index < -0.39 is 0 Å². The van der Waals surface area contributed by atoms with Crippen LogP contribution in [-0.4, -0.2) is 52.6 Å². The maximum absolute atomic E-state index is 11.0. The fraction of sp³-hybridized carbons (Fsp3) is 0.933. The molecule has 0 aromatic heterocycles. The average molecular weight is 308 g/mol. The van der Waals surface area contributed by atoms with Gasteiger partial charge < -0.3 is 14.2 Å². The van der Waals surface area contributed by atoms with E-state index >= 15 is 0 Å². The molecule has 6 nitrogen and oxygen atoms in total. The van der Waals surface area contributed by atoms with Crippen molar-refractivity contribution in [3.63, 3.8) is 0 Å². The monoisotopic (exact) mass is 308 g/mol. The summed E-state index contributed by atoms with van der Waals surface area (Å²) < 4.78 is 15.7. The molecule has 130 valence electrons. The van der Waals surface area contributed by atoms with Gasteiger partial charge in [0.2, 0.25) is 5.91 Å². The summed E-state index contributed by atoms with van der Waals surface area (Å²) in [5, 5.41) is 0. The Hall–Kier alpha value is -0.690. The Balaban J connectivity index is -0.000000739. The minimum atomic E-state index is -0.0821. The molecule has 0 aliphatic rings. The van der Waals surface area contributed by atoms with Crippen LogP contribution in [0.15, 0.2) is 0 Å². The van der Waals surface area contributed by atoms with Gasteiger partial charge in [-0.25, -0.2) is 5.43 Å². The van der Waals surface area contributed by atoms with Gasteiger partial charge in [0.25, 0.3) is 0 Å². The van der Waals surface area contributed by atoms with Crippen LogP contribution in [0.3, 0.4) is 0 Å². The van der Waals surface area contributed by atoms with E-state index in [1.54, 1.807) is 7.05 Å². The fourth-order valence-electron chi connectivity index (χ4n) is 1.05. The SMILES string of the molecule is CC.CC.CCCOCCOCCOCCC(=O)NNC. The number of carbonyl (C=O) groups is 1. The Morgan fingerprint density at radius 1 is 0.810 bits per heavy atom. The minimum Gasteiger partial charge on any atom is -0.379 e. The van der Waals surface area contributed by atoms with E-state index in [1.165, 1.54) is 0 Å².